The van der Waals surface area contributed by atoms with Gasteiger partial charge in [0.1, 0.15) is 0 Å². The molecular formula is C16H6F26. The molecule has 0 aromatic carbocycles. The van der Waals surface area contributed by atoms with Crippen LogP contribution in [0.25, 0.3) is 0 Å². The molecule has 0 amide bonds. The zero-order valence-electron chi connectivity index (χ0n) is 18.4. The molecule has 0 saturated carbocycles. The monoisotopic (exact) mass is 692 g/mol. The predicted octanol–water partition coefficient (Wildman–Crippen LogP) is 10.2. The Morgan fingerprint density at radius 2 is 0.405 bits per heavy atom. The Labute approximate surface area is 212 Å². The zero-order valence-corrected chi connectivity index (χ0v) is 18.4. The van der Waals surface area contributed by atoms with Crippen LogP contribution in [-0.4, -0.2) is 60.7 Å². The Kier molecular flexibility index (Phi) is 9.73. The van der Waals surface area contributed by atoms with Gasteiger partial charge in [-0.25, -0.2) is 0 Å². The van der Waals surface area contributed by atoms with Gasteiger partial charge < -0.3 is 0 Å². The highest BCUT2D eigenvalue weighted by Gasteiger charge is 2.93. The molecule has 0 aliphatic rings. The predicted molar refractivity (Wildman–Crippen MR) is 79.4 cm³/mol. The Morgan fingerprint density at radius 3 is 0.524 bits per heavy atom. The normalized spacial score (nSPS) is 16.9. The molecular weight excluding hydrogens is 686 g/mol. The standard InChI is InChI=1S/C16H6F26/c17-7(18,9(21,22)15(37,38)39)5(11(25,26)27,12(28,29)30)3-1-2-4-6(13(31,32)33,14(34,35)36)8(19,20)10(23,24)16(40,41)42/h1-2H,3-4H2/b2-1+. The van der Waals surface area contributed by atoms with E-state index in [1.165, 1.54) is 0 Å². The molecule has 252 valence electrons. The SMILES string of the molecule is FC(F)(F)C(F)(F)C(F)(F)C(C/C=C/CC(C(F)(F)F)(C(F)(F)F)C(F)(F)C(F)(F)C(F)(F)F)(C(F)(F)F)C(F)(F)F. The van der Waals surface area contributed by atoms with Crippen molar-refractivity contribution in [1.29, 1.82) is 0 Å². The van der Waals surface area contributed by atoms with Crippen molar-refractivity contribution in [1.82, 2.24) is 0 Å². The van der Waals surface area contributed by atoms with E-state index in [4.69, 9.17) is 0 Å². The summed E-state index contributed by atoms with van der Waals surface area (Å²) < 4.78 is 340. The van der Waals surface area contributed by atoms with Crippen molar-refractivity contribution in [3.05, 3.63) is 12.2 Å². The van der Waals surface area contributed by atoms with E-state index in [-0.39, 0.29) is 0 Å². The minimum absolute atomic E-state index is 1.85. The van der Waals surface area contributed by atoms with Crippen LogP contribution in [0.4, 0.5) is 114 Å². The smallest absolute Gasteiger partial charge is 0.198 e. The Balaban J connectivity index is 7.57. The quantitative estimate of drug-likeness (QED) is 0.176. The number of alkyl halides is 26. The molecule has 0 aliphatic carbocycles. The molecule has 0 spiro atoms. The molecule has 0 atom stereocenters. The van der Waals surface area contributed by atoms with Crippen LogP contribution >= 0.6 is 0 Å². The topological polar surface area (TPSA) is 0 Å². The van der Waals surface area contributed by atoms with E-state index in [1.54, 1.807) is 0 Å². The molecule has 0 fully saturated rings. The fraction of sp³-hybridized carbons (Fsp3) is 0.875. The van der Waals surface area contributed by atoms with Crippen molar-refractivity contribution in [2.75, 3.05) is 0 Å². The summed E-state index contributed by atoms with van der Waals surface area (Å²) in [6, 6.07) is 0. The lowest BCUT2D eigenvalue weighted by Crippen LogP contribution is -2.70. The van der Waals surface area contributed by atoms with Crippen molar-refractivity contribution < 1.29 is 114 Å². The number of rotatable bonds is 8. The van der Waals surface area contributed by atoms with Crippen molar-refractivity contribution >= 4 is 0 Å². The average molecular weight is 692 g/mol. The molecule has 0 heterocycles. The summed E-state index contributed by atoms with van der Waals surface area (Å²) in [6.45, 7) is 0. The molecule has 0 radical (unpaired) electrons. The zero-order chi connectivity index (χ0) is 34.8. The highest BCUT2D eigenvalue weighted by molar-refractivity contribution is 5.16. The maximum absolute atomic E-state index is 13.9. The minimum atomic E-state index is -8.50. The molecule has 0 aromatic rings. The maximum Gasteiger partial charge on any atom is 0.459 e. The summed E-state index contributed by atoms with van der Waals surface area (Å²) in [7, 11) is 0. The fourth-order valence-electron chi connectivity index (χ4n) is 3.16. The Bertz CT molecular complexity index is 849. The summed E-state index contributed by atoms with van der Waals surface area (Å²) in [5, 5.41) is 0. The lowest BCUT2D eigenvalue weighted by Gasteiger charge is -2.45. The lowest BCUT2D eigenvalue weighted by atomic mass is 9.71. The highest BCUT2D eigenvalue weighted by atomic mass is 19.5. The van der Waals surface area contributed by atoms with Crippen LogP contribution in [0.3, 0.4) is 0 Å². The second-order valence-electron chi connectivity index (χ2n) is 7.97. The van der Waals surface area contributed by atoms with Crippen molar-refractivity contribution in [2.24, 2.45) is 10.8 Å². The summed E-state index contributed by atoms with van der Waals surface area (Å²) in [5.41, 5.74) is -15.6. The van der Waals surface area contributed by atoms with Gasteiger partial charge in [0.2, 0.25) is 10.8 Å². The maximum atomic E-state index is 13.9. The van der Waals surface area contributed by atoms with Gasteiger partial charge in [-0.3, -0.25) is 0 Å². The van der Waals surface area contributed by atoms with E-state index < -0.39 is 96.6 Å². The van der Waals surface area contributed by atoms with Gasteiger partial charge in [-0.1, -0.05) is 12.2 Å². The Morgan fingerprint density at radius 1 is 0.238 bits per heavy atom. The molecule has 0 saturated heterocycles. The van der Waals surface area contributed by atoms with Crippen molar-refractivity contribution in [2.45, 2.75) is 73.6 Å². The Hall–Kier alpha value is -2.08. The lowest BCUT2D eigenvalue weighted by molar-refractivity contribution is -0.461. The molecule has 0 nitrogen and oxygen atoms in total. The molecule has 26 heteroatoms. The van der Waals surface area contributed by atoms with E-state index >= 15 is 0 Å². The molecule has 0 N–H and O–H groups in total. The van der Waals surface area contributed by atoms with Crippen LogP contribution < -0.4 is 0 Å². The summed E-state index contributed by atoms with van der Waals surface area (Å²) in [6.07, 6.45) is -60.7. The third-order valence-electron chi connectivity index (χ3n) is 5.52. The molecule has 0 aliphatic heterocycles. The fourth-order valence-corrected chi connectivity index (χ4v) is 3.16. The largest absolute Gasteiger partial charge is 0.459 e. The van der Waals surface area contributed by atoms with Gasteiger partial charge in [0.05, 0.1) is 0 Å². The van der Waals surface area contributed by atoms with Crippen LogP contribution in [0.1, 0.15) is 12.8 Å². The first-order chi connectivity index (χ1) is 17.7. The van der Waals surface area contributed by atoms with E-state index in [0.29, 0.717) is 0 Å². The first kappa shape index (κ1) is 39.9. The van der Waals surface area contributed by atoms with Gasteiger partial charge in [-0.2, -0.15) is 114 Å². The second kappa shape index (κ2) is 10.2. The van der Waals surface area contributed by atoms with Gasteiger partial charge in [0.25, 0.3) is 0 Å². The first-order valence-electron chi connectivity index (χ1n) is 9.27. The summed E-state index contributed by atoms with van der Waals surface area (Å²) in [5.74, 6) is -33.7. The first-order valence-corrected chi connectivity index (χ1v) is 9.27. The van der Waals surface area contributed by atoms with Crippen LogP contribution in [0.15, 0.2) is 12.2 Å². The molecule has 0 unspecified atom stereocenters. The third kappa shape index (κ3) is 5.50. The summed E-state index contributed by atoms with van der Waals surface area (Å²) >= 11 is 0. The molecule has 0 bridgehead atoms. The van der Waals surface area contributed by atoms with Crippen LogP contribution in [-0.2, 0) is 0 Å². The number of hydrogen-bond acceptors (Lipinski definition) is 0. The average Bonchev–Trinajstić information content (AvgIpc) is 2.63. The van der Waals surface area contributed by atoms with Gasteiger partial charge in [-0.05, 0) is 12.8 Å². The van der Waals surface area contributed by atoms with Gasteiger partial charge in [0.15, 0.2) is 0 Å². The van der Waals surface area contributed by atoms with E-state index in [2.05, 4.69) is 0 Å². The highest BCUT2D eigenvalue weighted by Crippen LogP contribution is 2.69. The van der Waals surface area contributed by atoms with E-state index in [1.807, 2.05) is 0 Å². The molecule has 42 heavy (non-hydrogen) atoms. The third-order valence-corrected chi connectivity index (χ3v) is 5.52. The van der Waals surface area contributed by atoms with Crippen LogP contribution in [0.5, 0.6) is 0 Å². The van der Waals surface area contributed by atoms with Gasteiger partial charge in [0, 0.05) is 0 Å². The number of hydrogen-bond donors (Lipinski definition) is 0. The second-order valence-corrected chi connectivity index (χ2v) is 7.97. The van der Waals surface area contributed by atoms with E-state index in [9.17, 15) is 114 Å². The van der Waals surface area contributed by atoms with Crippen molar-refractivity contribution in [3.63, 3.8) is 0 Å². The minimum Gasteiger partial charge on any atom is -0.198 e. The van der Waals surface area contributed by atoms with Crippen LogP contribution in [0.2, 0.25) is 0 Å². The molecule has 0 aromatic heterocycles. The molecule has 0 rings (SSSR count). The number of allylic oxidation sites excluding steroid dienone is 2. The summed E-state index contributed by atoms with van der Waals surface area (Å²) in [4.78, 5) is 0. The van der Waals surface area contributed by atoms with Crippen LogP contribution in [0, 0.1) is 10.8 Å². The van der Waals surface area contributed by atoms with Gasteiger partial charge in [-0.15, -0.1) is 0 Å². The van der Waals surface area contributed by atoms with Gasteiger partial charge >= 0.3 is 60.7 Å². The van der Waals surface area contributed by atoms with E-state index in [0.717, 1.165) is 0 Å². The number of halogens is 26. The van der Waals surface area contributed by atoms with Crippen molar-refractivity contribution in [3.8, 4) is 0 Å².